The number of ether oxygens (including phenoxy) is 1. The van der Waals surface area contributed by atoms with E-state index in [0.29, 0.717) is 12.7 Å². The van der Waals surface area contributed by atoms with Gasteiger partial charge >= 0.3 is 6.03 Å². The largest absolute Gasteiger partial charge is 0.374 e. The number of nitrogens with zero attached hydrogens (tertiary/aromatic N) is 1. The lowest BCUT2D eigenvalue weighted by Crippen LogP contribution is -2.35. The molecule has 2 aliphatic rings. The van der Waals surface area contributed by atoms with Crippen LogP contribution < -0.4 is 5.32 Å². The first-order chi connectivity index (χ1) is 12.2. The number of amides is 2. The van der Waals surface area contributed by atoms with Gasteiger partial charge in [0.15, 0.2) is 0 Å². The Morgan fingerprint density at radius 3 is 2.72 bits per heavy atom. The zero-order valence-electron chi connectivity index (χ0n) is 15.5. The number of hydrogen-bond acceptors (Lipinski definition) is 2. The number of urea groups is 1. The molecule has 1 aromatic carbocycles. The fourth-order valence-corrected chi connectivity index (χ4v) is 3.96. The van der Waals surface area contributed by atoms with Crippen LogP contribution in [0.4, 0.5) is 10.5 Å². The summed E-state index contributed by atoms with van der Waals surface area (Å²) in [6, 6.07) is 8.11. The van der Waals surface area contributed by atoms with Crippen molar-refractivity contribution in [3.63, 3.8) is 0 Å². The third-order valence-electron chi connectivity index (χ3n) is 5.45. The van der Waals surface area contributed by atoms with Gasteiger partial charge in [-0.15, -0.1) is 0 Å². The molecule has 2 fully saturated rings. The van der Waals surface area contributed by atoms with Crippen molar-refractivity contribution in [2.45, 2.75) is 71.0 Å². The minimum absolute atomic E-state index is 0.0288. The van der Waals surface area contributed by atoms with E-state index < -0.39 is 0 Å². The lowest BCUT2D eigenvalue weighted by atomic mass is 9.89. The summed E-state index contributed by atoms with van der Waals surface area (Å²) in [7, 11) is 0. The average molecular weight is 344 g/mol. The van der Waals surface area contributed by atoms with E-state index in [-0.39, 0.29) is 6.03 Å². The minimum atomic E-state index is 0.0288. The van der Waals surface area contributed by atoms with Crippen molar-refractivity contribution in [1.82, 2.24) is 4.90 Å². The molecule has 138 valence electrons. The van der Waals surface area contributed by atoms with Crippen LogP contribution in [0.3, 0.4) is 0 Å². The summed E-state index contributed by atoms with van der Waals surface area (Å²) < 4.78 is 6.11. The number of likely N-dealkylation sites (tertiary alicyclic amines) is 1. The highest BCUT2D eigenvalue weighted by atomic mass is 16.5. The van der Waals surface area contributed by atoms with Crippen LogP contribution in [0.15, 0.2) is 24.3 Å². The molecule has 0 aromatic heterocycles. The summed E-state index contributed by atoms with van der Waals surface area (Å²) in [5, 5.41) is 3.06. The molecule has 1 saturated carbocycles. The van der Waals surface area contributed by atoms with E-state index >= 15 is 0 Å². The summed E-state index contributed by atoms with van der Waals surface area (Å²) in [5.74, 6) is 0.776. The summed E-state index contributed by atoms with van der Waals surface area (Å²) in [5.41, 5.74) is 2.00. The van der Waals surface area contributed by atoms with Gasteiger partial charge in [0.1, 0.15) is 0 Å². The molecule has 0 bridgehead atoms. The summed E-state index contributed by atoms with van der Waals surface area (Å²) in [6.45, 7) is 4.68. The van der Waals surface area contributed by atoms with Crippen molar-refractivity contribution >= 4 is 11.7 Å². The SMILES string of the molecule is C[C@H]1CCC[C@@H](OCc2cccc(NC(=O)N3CCCCCC3)c2)C1. The van der Waals surface area contributed by atoms with Gasteiger partial charge in [0.25, 0.3) is 0 Å². The fraction of sp³-hybridized carbons (Fsp3) is 0.667. The van der Waals surface area contributed by atoms with Crippen molar-refractivity contribution < 1.29 is 9.53 Å². The highest BCUT2D eigenvalue weighted by molar-refractivity contribution is 5.89. The summed E-state index contributed by atoms with van der Waals surface area (Å²) in [4.78, 5) is 14.4. The van der Waals surface area contributed by atoms with Crippen LogP contribution >= 0.6 is 0 Å². The third kappa shape index (κ3) is 5.74. The molecular weight excluding hydrogens is 312 g/mol. The van der Waals surface area contributed by atoms with Crippen molar-refractivity contribution in [1.29, 1.82) is 0 Å². The number of hydrogen-bond donors (Lipinski definition) is 1. The van der Waals surface area contributed by atoms with Gasteiger partial charge in [-0.3, -0.25) is 0 Å². The second-order valence-corrected chi connectivity index (χ2v) is 7.74. The molecule has 4 nitrogen and oxygen atoms in total. The predicted octanol–water partition coefficient (Wildman–Crippen LogP) is 5.19. The molecule has 0 spiro atoms. The molecule has 3 rings (SSSR count). The molecular formula is C21H32N2O2. The van der Waals surface area contributed by atoms with Crippen molar-refractivity contribution in [3.8, 4) is 0 Å². The Hall–Kier alpha value is -1.55. The van der Waals surface area contributed by atoms with E-state index in [1.54, 1.807) is 0 Å². The lowest BCUT2D eigenvalue weighted by molar-refractivity contribution is 0.00468. The van der Waals surface area contributed by atoms with Crippen LogP contribution in [-0.4, -0.2) is 30.1 Å². The lowest BCUT2D eigenvalue weighted by Gasteiger charge is -2.27. The van der Waals surface area contributed by atoms with Crippen LogP contribution in [0.1, 0.15) is 63.9 Å². The maximum Gasteiger partial charge on any atom is 0.321 e. The second-order valence-electron chi connectivity index (χ2n) is 7.74. The smallest absolute Gasteiger partial charge is 0.321 e. The Morgan fingerprint density at radius 2 is 1.96 bits per heavy atom. The maximum atomic E-state index is 12.5. The zero-order chi connectivity index (χ0) is 17.5. The summed E-state index contributed by atoms with van der Waals surface area (Å²) in [6.07, 6.45) is 10.0. The summed E-state index contributed by atoms with van der Waals surface area (Å²) >= 11 is 0. The first kappa shape index (κ1) is 18.2. The number of carbonyl (C=O) groups excluding carboxylic acids is 1. The number of rotatable bonds is 4. The second kappa shape index (κ2) is 9.23. The van der Waals surface area contributed by atoms with E-state index in [1.807, 2.05) is 23.1 Å². The molecule has 1 saturated heterocycles. The highest BCUT2D eigenvalue weighted by Gasteiger charge is 2.19. The van der Waals surface area contributed by atoms with Gasteiger partial charge < -0.3 is 15.0 Å². The standard InChI is InChI=1S/C21H32N2O2/c1-17-8-6-11-20(14-17)25-16-18-9-7-10-19(15-18)22-21(24)23-12-4-2-3-5-13-23/h7,9-10,15,17,20H,2-6,8,11-14,16H2,1H3,(H,22,24)/t17-,20+/m0/s1. The Balaban J connectivity index is 1.51. The molecule has 1 aliphatic heterocycles. The van der Waals surface area contributed by atoms with E-state index in [0.717, 1.165) is 43.1 Å². The molecule has 1 N–H and O–H groups in total. The van der Waals surface area contributed by atoms with Gasteiger partial charge in [-0.25, -0.2) is 4.79 Å². The van der Waals surface area contributed by atoms with Crippen LogP contribution in [0.5, 0.6) is 0 Å². The fourth-order valence-electron chi connectivity index (χ4n) is 3.96. The van der Waals surface area contributed by atoms with E-state index in [9.17, 15) is 4.79 Å². The minimum Gasteiger partial charge on any atom is -0.374 e. The van der Waals surface area contributed by atoms with E-state index in [2.05, 4.69) is 18.3 Å². The van der Waals surface area contributed by atoms with E-state index in [4.69, 9.17) is 4.74 Å². The van der Waals surface area contributed by atoms with Crippen molar-refractivity contribution in [2.75, 3.05) is 18.4 Å². The average Bonchev–Trinajstić information content (AvgIpc) is 2.90. The topological polar surface area (TPSA) is 41.6 Å². The van der Waals surface area contributed by atoms with Gasteiger partial charge in [0.05, 0.1) is 12.7 Å². The Bertz CT molecular complexity index is 553. The quantitative estimate of drug-likeness (QED) is 0.816. The molecule has 0 unspecified atom stereocenters. The molecule has 1 aliphatic carbocycles. The van der Waals surface area contributed by atoms with Crippen molar-refractivity contribution in [3.05, 3.63) is 29.8 Å². The van der Waals surface area contributed by atoms with Gasteiger partial charge in [-0.2, -0.15) is 0 Å². The van der Waals surface area contributed by atoms with Crippen LogP contribution in [-0.2, 0) is 11.3 Å². The van der Waals surface area contributed by atoms with E-state index in [1.165, 1.54) is 38.5 Å². The van der Waals surface area contributed by atoms with Crippen LogP contribution in [0.2, 0.25) is 0 Å². The first-order valence-corrected chi connectivity index (χ1v) is 9.97. The first-order valence-electron chi connectivity index (χ1n) is 9.97. The van der Waals surface area contributed by atoms with Crippen molar-refractivity contribution in [2.24, 2.45) is 5.92 Å². The molecule has 1 heterocycles. The van der Waals surface area contributed by atoms with Crippen LogP contribution in [0.25, 0.3) is 0 Å². The number of anilines is 1. The Kier molecular flexibility index (Phi) is 6.74. The monoisotopic (exact) mass is 344 g/mol. The molecule has 2 atom stereocenters. The Labute approximate surface area is 151 Å². The molecule has 25 heavy (non-hydrogen) atoms. The molecule has 4 heteroatoms. The normalized spacial score (nSPS) is 24.6. The number of nitrogens with one attached hydrogen (secondary N) is 1. The molecule has 0 radical (unpaired) electrons. The molecule has 2 amide bonds. The van der Waals surface area contributed by atoms with Gasteiger partial charge in [-0.1, -0.05) is 44.7 Å². The number of benzene rings is 1. The Morgan fingerprint density at radius 1 is 1.16 bits per heavy atom. The van der Waals surface area contributed by atoms with Gasteiger partial charge in [0.2, 0.25) is 0 Å². The van der Waals surface area contributed by atoms with Gasteiger partial charge in [0, 0.05) is 18.8 Å². The highest BCUT2D eigenvalue weighted by Crippen LogP contribution is 2.26. The predicted molar refractivity (Wildman–Crippen MR) is 102 cm³/mol. The number of carbonyl (C=O) groups is 1. The van der Waals surface area contributed by atoms with Crippen LogP contribution in [0, 0.1) is 5.92 Å². The maximum absolute atomic E-state index is 12.5. The van der Waals surface area contributed by atoms with Gasteiger partial charge in [-0.05, 0) is 49.3 Å². The molecule has 1 aromatic rings. The zero-order valence-corrected chi connectivity index (χ0v) is 15.5. The third-order valence-corrected chi connectivity index (χ3v) is 5.45.